The molecule has 0 heterocycles. The molecule has 0 aliphatic heterocycles. The minimum atomic E-state index is 0.405. The van der Waals surface area contributed by atoms with Crippen LogP contribution in [0.15, 0.2) is 11.6 Å². The van der Waals surface area contributed by atoms with Crippen molar-refractivity contribution in [1.29, 1.82) is 0 Å². The zero-order chi connectivity index (χ0) is 9.52. The molecule has 0 saturated heterocycles. The number of ketones is 1. The average molecular weight is 180 g/mol. The lowest BCUT2D eigenvalue weighted by atomic mass is 9.92. The molecule has 1 saturated carbocycles. The highest BCUT2D eigenvalue weighted by Gasteiger charge is 2.13. The lowest BCUT2D eigenvalue weighted by Gasteiger charge is -2.12. The quantitative estimate of drug-likeness (QED) is 0.477. The highest BCUT2D eigenvalue weighted by Crippen LogP contribution is 2.20. The molecule has 0 radical (unpaired) electrons. The normalized spacial score (nSPS) is 21.0. The summed E-state index contributed by atoms with van der Waals surface area (Å²) in [7, 11) is 0. The Morgan fingerprint density at radius 1 is 1.23 bits per heavy atom. The largest absolute Gasteiger partial charge is 0.295 e. The van der Waals surface area contributed by atoms with Gasteiger partial charge in [0.1, 0.15) is 0 Å². The van der Waals surface area contributed by atoms with Crippen LogP contribution >= 0.6 is 0 Å². The van der Waals surface area contributed by atoms with E-state index < -0.39 is 0 Å². The van der Waals surface area contributed by atoms with Gasteiger partial charge in [-0.2, -0.15) is 0 Å². The SMILES string of the molecule is CCCCC/C=C1\CCCCC1=O. The molecule has 1 aliphatic rings. The van der Waals surface area contributed by atoms with Crippen molar-refractivity contribution in [2.24, 2.45) is 0 Å². The Kier molecular flexibility index (Phi) is 4.81. The summed E-state index contributed by atoms with van der Waals surface area (Å²) in [5, 5.41) is 0. The minimum Gasteiger partial charge on any atom is -0.295 e. The fourth-order valence-corrected chi connectivity index (χ4v) is 1.79. The van der Waals surface area contributed by atoms with E-state index in [2.05, 4.69) is 13.0 Å². The van der Waals surface area contributed by atoms with Crippen molar-refractivity contribution in [3.8, 4) is 0 Å². The molecule has 0 atom stereocenters. The summed E-state index contributed by atoms with van der Waals surface area (Å²) in [5.41, 5.74) is 1.11. The van der Waals surface area contributed by atoms with E-state index in [1.807, 2.05) is 0 Å². The van der Waals surface area contributed by atoms with E-state index in [1.54, 1.807) is 0 Å². The number of Topliss-reactive ketones (excluding diaryl/α,β-unsaturated/α-hetero) is 1. The second-order valence-electron chi connectivity index (χ2n) is 3.86. The second-order valence-corrected chi connectivity index (χ2v) is 3.86. The Balaban J connectivity index is 2.27. The Hall–Kier alpha value is -0.590. The third kappa shape index (κ3) is 3.75. The van der Waals surface area contributed by atoms with Gasteiger partial charge in [0.25, 0.3) is 0 Å². The molecule has 0 bridgehead atoms. The molecule has 1 heteroatoms. The van der Waals surface area contributed by atoms with E-state index >= 15 is 0 Å². The Morgan fingerprint density at radius 2 is 2.00 bits per heavy atom. The highest BCUT2D eigenvalue weighted by atomic mass is 16.1. The van der Waals surface area contributed by atoms with Crippen LogP contribution in [-0.4, -0.2) is 5.78 Å². The van der Waals surface area contributed by atoms with Crippen molar-refractivity contribution >= 4 is 5.78 Å². The summed E-state index contributed by atoms with van der Waals surface area (Å²) in [5.74, 6) is 0.405. The van der Waals surface area contributed by atoms with Crippen molar-refractivity contribution in [2.75, 3.05) is 0 Å². The lowest BCUT2D eigenvalue weighted by Crippen LogP contribution is -2.08. The van der Waals surface area contributed by atoms with Gasteiger partial charge in [-0.1, -0.05) is 25.8 Å². The molecule has 0 amide bonds. The van der Waals surface area contributed by atoms with Crippen molar-refractivity contribution in [1.82, 2.24) is 0 Å². The van der Waals surface area contributed by atoms with E-state index in [0.29, 0.717) is 5.78 Å². The average Bonchev–Trinajstić information content (AvgIpc) is 2.15. The number of hydrogen-bond acceptors (Lipinski definition) is 1. The van der Waals surface area contributed by atoms with E-state index in [9.17, 15) is 4.79 Å². The first-order chi connectivity index (χ1) is 6.34. The second kappa shape index (κ2) is 5.95. The van der Waals surface area contributed by atoms with E-state index in [4.69, 9.17) is 0 Å². The molecule has 13 heavy (non-hydrogen) atoms. The molecule has 1 aliphatic carbocycles. The number of rotatable bonds is 4. The van der Waals surface area contributed by atoms with Crippen LogP contribution in [0.1, 0.15) is 58.3 Å². The third-order valence-corrected chi connectivity index (χ3v) is 2.66. The molecule has 1 fully saturated rings. The first kappa shape index (κ1) is 10.5. The third-order valence-electron chi connectivity index (χ3n) is 2.66. The van der Waals surface area contributed by atoms with Crippen LogP contribution in [-0.2, 0) is 4.79 Å². The summed E-state index contributed by atoms with van der Waals surface area (Å²) in [4.78, 5) is 11.4. The first-order valence-corrected chi connectivity index (χ1v) is 5.57. The van der Waals surface area contributed by atoms with Crippen LogP contribution < -0.4 is 0 Å². The summed E-state index contributed by atoms with van der Waals surface area (Å²) < 4.78 is 0. The maximum atomic E-state index is 11.4. The fraction of sp³-hybridized carbons (Fsp3) is 0.750. The number of hydrogen-bond donors (Lipinski definition) is 0. The van der Waals surface area contributed by atoms with Gasteiger partial charge in [0.2, 0.25) is 0 Å². The van der Waals surface area contributed by atoms with Gasteiger partial charge in [0.15, 0.2) is 5.78 Å². The van der Waals surface area contributed by atoms with Crippen molar-refractivity contribution in [3.05, 3.63) is 11.6 Å². The number of allylic oxidation sites excluding steroid dienone is 2. The summed E-state index contributed by atoms with van der Waals surface area (Å²) >= 11 is 0. The van der Waals surface area contributed by atoms with Gasteiger partial charge in [-0.3, -0.25) is 4.79 Å². The highest BCUT2D eigenvalue weighted by molar-refractivity contribution is 5.95. The van der Waals surface area contributed by atoms with E-state index in [0.717, 1.165) is 31.3 Å². The molecular weight excluding hydrogens is 160 g/mol. The van der Waals surface area contributed by atoms with Gasteiger partial charge < -0.3 is 0 Å². The summed E-state index contributed by atoms with van der Waals surface area (Å²) in [6.45, 7) is 2.21. The molecule has 0 N–H and O–H groups in total. The molecule has 1 rings (SSSR count). The molecule has 74 valence electrons. The van der Waals surface area contributed by atoms with Gasteiger partial charge in [0.05, 0.1) is 0 Å². The topological polar surface area (TPSA) is 17.1 Å². The summed E-state index contributed by atoms with van der Waals surface area (Å²) in [6.07, 6.45) is 11.2. The van der Waals surface area contributed by atoms with E-state index in [1.165, 1.54) is 25.7 Å². The van der Waals surface area contributed by atoms with Gasteiger partial charge in [-0.15, -0.1) is 0 Å². The maximum Gasteiger partial charge on any atom is 0.158 e. The summed E-state index contributed by atoms with van der Waals surface area (Å²) in [6, 6.07) is 0. The van der Waals surface area contributed by atoms with Crippen molar-refractivity contribution in [2.45, 2.75) is 58.3 Å². The van der Waals surface area contributed by atoms with Crippen LogP contribution in [0.3, 0.4) is 0 Å². The van der Waals surface area contributed by atoms with Gasteiger partial charge in [0, 0.05) is 6.42 Å². The smallest absolute Gasteiger partial charge is 0.158 e. The number of carbonyl (C=O) groups is 1. The zero-order valence-corrected chi connectivity index (χ0v) is 8.64. The predicted molar refractivity (Wildman–Crippen MR) is 55.7 cm³/mol. The van der Waals surface area contributed by atoms with Crippen LogP contribution in [0, 0.1) is 0 Å². The molecular formula is C12H20O. The zero-order valence-electron chi connectivity index (χ0n) is 8.64. The predicted octanol–water partition coefficient (Wildman–Crippen LogP) is 3.64. The number of carbonyl (C=O) groups excluding carboxylic acids is 1. The maximum absolute atomic E-state index is 11.4. The molecule has 0 aromatic rings. The van der Waals surface area contributed by atoms with E-state index in [-0.39, 0.29) is 0 Å². The lowest BCUT2D eigenvalue weighted by molar-refractivity contribution is -0.116. The van der Waals surface area contributed by atoms with Crippen LogP contribution in [0.5, 0.6) is 0 Å². The van der Waals surface area contributed by atoms with Crippen LogP contribution in [0.4, 0.5) is 0 Å². The fourth-order valence-electron chi connectivity index (χ4n) is 1.79. The van der Waals surface area contributed by atoms with Crippen molar-refractivity contribution < 1.29 is 4.79 Å². The molecule has 0 aromatic heterocycles. The van der Waals surface area contributed by atoms with Crippen molar-refractivity contribution in [3.63, 3.8) is 0 Å². The van der Waals surface area contributed by atoms with Gasteiger partial charge >= 0.3 is 0 Å². The Bertz CT molecular complexity index is 191. The Morgan fingerprint density at radius 3 is 2.69 bits per heavy atom. The minimum absolute atomic E-state index is 0.405. The number of unbranched alkanes of at least 4 members (excludes halogenated alkanes) is 3. The molecule has 0 unspecified atom stereocenters. The monoisotopic (exact) mass is 180 g/mol. The Labute approximate surface area is 81.2 Å². The van der Waals surface area contributed by atoms with Crippen LogP contribution in [0.2, 0.25) is 0 Å². The molecule has 0 aromatic carbocycles. The van der Waals surface area contributed by atoms with Gasteiger partial charge in [-0.25, -0.2) is 0 Å². The standard InChI is InChI=1S/C12H20O/c1-2-3-4-5-8-11-9-6-7-10-12(11)13/h8H,2-7,9-10H2,1H3/b11-8+. The van der Waals surface area contributed by atoms with Crippen LogP contribution in [0.25, 0.3) is 0 Å². The van der Waals surface area contributed by atoms with Gasteiger partial charge in [-0.05, 0) is 37.7 Å². The first-order valence-electron chi connectivity index (χ1n) is 5.57. The molecule has 0 spiro atoms. The molecule has 1 nitrogen and oxygen atoms in total.